The van der Waals surface area contributed by atoms with E-state index >= 15 is 0 Å². The first-order valence-corrected chi connectivity index (χ1v) is 9.83. The topological polar surface area (TPSA) is 12.5 Å². The molecule has 0 aromatic heterocycles. The molecule has 3 rings (SSSR count). The quantitative estimate of drug-likeness (QED) is 0.666. The second-order valence-corrected chi connectivity index (χ2v) is 8.27. The molecule has 0 spiro atoms. The first-order valence-electron chi connectivity index (χ1n) is 8.54. The third kappa shape index (κ3) is 4.81. The molecule has 0 unspecified atom stereocenters. The van der Waals surface area contributed by atoms with E-state index in [1.54, 1.807) is 24.3 Å². The van der Waals surface area contributed by atoms with Gasteiger partial charge < -0.3 is 9.64 Å². The molecule has 138 valence electrons. The van der Waals surface area contributed by atoms with Crippen molar-refractivity contribution in [2.45, 2.75) is 31.3 Å². The van der Waals surface area contributed by atoms with Crippen LogP contribution in [0.4, 0.5) is 8.78 Å². The van der Waals surface area contributed by atoms with Crippen molar-refractivity contribution in [3.63, 3.8) is 0 Å². The Morgan fingerprint density at radius 1 is 0.962 bits per heavy atom. The largest absolute Gasteiger partial charge is 0.372 e. The van der Waals surface area contributed by atoms with Gasteiger partial charge in [-0.1, -0.05) is 48.2 Å². The maximum atomic E-state index is 13.3. The zero-order valence-corrected chi connectivity index (χ0v) is 16.3. The Bertz CT molecular complexity index is 696. The number of ether oxygens (including phenoxy) is 1. The van der Waals surface area contributed by atoms with Gasteiger partial charge in [-0.3, -0.25) is 0 Å². The number of benzene rings is 2. The van der Waals surface area contributed by atoms with E-state index in [9.17, 15) is 8.78 Å². The number of nitrogens with zero attached hydrogens (tertiary/aromatic N) is 1. The molecule has 2 atom stereocenters. The molecule has 1 saturated heterocycles. The second kappa shape index (κ2) is 8.46. The first kappa shape index (κ1) is 19.3. The highest BCUT2D eigenvalue weighted by atomic mass is 32.2. The number of thiocarbonyl (C=S) groups is 1. The summed E-state index contributed by atoms with van der Waals surface area (Å²) in [5.41, 5.74) is 1.86. The maximum absolute atomic E-state index is 13.3. The lowest BCUT2D eigenvalue weighted by Gasteiger charge is -2.37. The minimum absolute atomic E-state index is 0.118. The van der Waals surface area contributed by atoms with Crippen molar-refractivity contribution >= 4 is 28.3 Å². The molecule has 1 aliphatic heterocycles. The molecule has 26 heavy (non-hydrogen) atoms. The minimum Gasteiger partial charge on any atom is -0.372 e. The van der Waals surface area contributed by atoms with Gasteiger partial charge in [0.1, 0.15) is 16.0 Å². The number of hydrogen-bond acceptors (Lipinski definition) is 3. The van der Waals surface area contributed by atoms with E-state index in [0.717, 1.165) is 28.5 Å². The molecule has 2 aromatic rings. The SMILES string of the molecule is C[C@@H]1CN(C(=S)SC(c2ccc(F)cc2)c2ccc(F)cc2)C[C@H](C)O1. The van der Waals surface area contributed by atoms with Crippen molar-refractivity contribution < 1.29 is 13.5 Å². The Kier molecular flexibility index (Phi) is 6.27. The Labute approximate surface area is 162 Å². The van der Waals surface area contributed by atoms with E-state index < -0.39 is 0 Å². The number of morpholine rings is 1. The van der Waals surface area contributed by atoms with E-state index in [4.69, 9.17) is 17.0 Å². The van der Waals surface area contributed by atoms with Crippen LogP contribution in [0, 0.1) is 11.6 Å². The fourth-order valence-electron chi connectivity index (χ4n) is 3.11. The van der Waals surface area contributed by atoms with Crippen LogP contribution in [0.1, 0.15) is 30.2 Å². The molecule has 1 heterocycles. The predicted octanol–water partition coefficient (Wildman–Crippen LogP) is 5.18. The summed E-state index contributed by atoms with van der Waals surface area (Å²) in [7, 11) is 0. The van der Waals surface area contributed by atoms with E-state index in [1.807, 2.05) is 13.8 Å². The molecule has 1 aliphatic rings. The van der Waals surface area contributed by atoms with Crippen molar-refractivity contribution in [1.29, 1.82) is 0 Å². The lowest BCUT2D eigenvalue weighted by Crippen LogP contribution is -2.46. The van der Waals surface area contributed by atoms with E-state index in [2.05, 4.69) is 4.90 Å². The van der Waals surface area contributed by atoms with Crippen LogP contribution in [0.3, 0.4) is 0 Å². The Morgan fingerprint density at radius 2 is 1.38 bits per heavy atom. The van der Waals surface area contributed by atoms with Gasteiger partial charge in [0.05, 0.1) is 17.5 Å². The fraction of sp³-hybridized carbons (Fsp3) is 0.350. The highest BCUT2D eigenvalue weighted by Crippen LogP contribution is 2.38. The van der Waals surface area contributed by atoms with Gasteiger partial charge in [-0.2, -0.15) is 0 Å². The van der Waals surface area contributed by atoms with Crippen LogP contribution >= 0.6 is 24.0 Å². The third-order valence-electron chi connectivity index (χ3n) is 4.24. The monoisotopic (exact) mass is 393 g/mol. The van der Waals surface area contributed by atoms with Crippen LogP contribution in [0.5, 0.6) is 0 Å². The molecule has 1 fully saturated rings. The first-order chi connectivity index (χ1) is 12.4. The molecule has 0 amide bonds. The summed E-state index contributed by atoms with van der Waals surface area (Å²) >= 11 is 7.22. The van der Waals surface area contributed by atoms with Crippen LogP contribution < -0.4 is 0 Å². The van der Waals surface area contributed by atoms with Gasteiger partial charge in [0, 0.05) is 13.1 Å². The molecule has 0 saturated carbocycles. The zero-order chi connectivity index (χ0) is 18.7. The summed E-state index contributed by atoms with van der Waals surface area (Å²) in [6.45, 7) is 5.56. The average molecular weight is 394 g/mol. The van der Waals surface area contributed by atoms with Gasteiger partial charge in [-0.15, -0.1) is 0 Å². The van der Waals surface area contributed by atoms with Crippen molar-refractivity contribution in [1.82, 2.24) is 4.90 Å². The summed E-state index contributed by atoms with van der Waals surface area (Å²) in [5.74, 6) is -0.565. The maximum Gasteiger partial charge on any atom is 0.137 e. The summed E-state index contributed by atoms with van der Waals surface area (Å²) in [5, 5.41) is -0.128. The zero-order valence-electron chi connectivity index (χ0n) is 14.7. The fourth-order valence-corrected chi connectivity index (χ4v) is 4.63. The summed E-state index contributed by atoms with van der Waals surface area (Å²) in [6, 6.07) is 12.8. The summed E-state index contributed by atoms with van der Waals surface area (Å²) < 4.78 is 33.2. The van der Waals surface area contributed by atoms with Crippen LogP contribution in [0.25, 0.3) is 0 Å². The van der Waals surface area contributed by atoms with Crippen molar-refractivity contribution in [2.75, 3.05) is 13.1 Å². The second-order valence-electron chi connectivity index (χ2n) is 6.53. The van der Waals surface area contributed by atoms with E-state index in [0.29, 0.717) is 0 Å². The van der Waals surface area contributed by atoms with Crippen molar-refractivity contribution in [2.24, 2.45) is 0 Å². The standard InChI is InChI=1S/C20H21F2NOS2/c1-13-11-23(12-14(2)24-13)20(25)26-19(15-3-7-17(21)8-4-15)16-5-9-18(22)10-6-16/h3-10,13-14,19H,11-12H2,1-2H3/t13-,14+. The van der Waals surface area contributed by atoms with Crippen LogP contribution in [0.2, 0.25) is 0 Å². The van der Waals surface area contributed by atoms with Gasteiger partial charge >= 0.3 is 0 Å². The lowest BCUT2D eigenvalue weighted by atomic mass is 10.0. The molecule has 0 aliphatic carbocycles. The number of hydrogen-bond donors (Lipinski definition) is 0. The lowest BCUT2D eigenvalue weighted by molar-refractivity contribution is -0.0465. The minimum atomic E-state index is -0.282. The summed E-state index contributed by atoms with van der Waals surface area (Å²) in [6.07, 6.45) is 0.236. The van der Waals surface area contributed by atoms with Crippen LogP contribution in [-0.4, -0.2) is 34.5 Å². The summed E-state index contributed by atoms with van der Waals surface area (Å²) in [4.78, 5) is 2.15. The molecular formula is C20H21F2NOS2. The Hall–Kier alpha value is -1.50. The Morgan fingerprint density at radius 3 is 1.81 bits per heavy atom. The van der Waals surface area contributed by atoms with Gasteiger partial charge in [0.25, 0.3) is 0 Å². The molecular weight excluding hydrogens is 372 g/mol. The molecule has 2 nitrogen and oxygen atoms in total. The normalized spacial score (nSPS) is 20.4. The van der Waals surface area contributed by atoms with Gasteiger partial charge in [0.15, 0.2) is 0 Å². The molecule has 0 bridgehead atoms. The van der Waals surface area contributed by atoms with E-state index in [1.165, 1.54) is 36.0 Å². The number of thioether (sulfide) groups is 1. The Balaban J connectivity index is 1.84. The van der Waals surface area contributed by atoms with E-state index in [-0.39, 0.29) is 29.1 Å². The molecule has 6 heteroatoms. The van der Waals surface area contributed by atoms with Gasteiger partial charge in [-0.25, -0.2) is 8.78 Å². The van der Waals surface area contributed by atoms with Crippen LogP contribution in [-0.2, 0) is 4.74 Å². The van der Waals surface area contributed by atoms with Crippen LogP contribution in [0.15, 0.2) is 48.5 Å². The number of rotatable bonds is 3. The smallest absolute Gasteiger partial charge is 0.137 e. The highest BCUT2D eigenvalue weighted by molar-refractivity contribution is 8.23. The van der Waals surface area contributed by atoms with Crippen molar-refractivity contribution in [3.05, 3.63) is 71.3 Å². The molecule has 0 N–H and O–H groups in total. The predicted molar refractivity (Wildman–Crippen MR) is 106 cm³/mol. The number of halogens is 2. The molecule has 0 radical (unpaired) electrons. The molecule has 2 aromatic carbocycles. The average Bonchev–Trinajstić information content (AvgIpc) is 2.60. The highest BCUT2D eigenvalue weighted by Gasteiger charge is 2.27. The third-order valence-corrected chi connectivity index (χ3v) is 6.03. The van der Waals surface area contributed by atoms with Gasteiger partial charge in [-0.05, 0) is 49.2 Å². The van der Waals surface area contributed by atoms with Gasteiger partial charge in [0.2, 0.25) is 0 Å². The van der Waals surface area contributed by atoms with Crippen molar-refractivity contribution in [3.8, 4) is 0 Å².